The van der Waals surface area contributed by atoms with E-state index >= 15 is 0 Å². The molecule has 2 atom stereocenters. The third-order valence-corrected chi connectivity index (χ3v) is 5.63. The Morgan fingerprint density at radius 3 is 2.38 bits per heavy atom. The quantitative estimate of drug-likeness (QED) is 0.871. The molecule has 0 saturated heterocycles. The largest absolute Gasteiger partial charge is 0.481 e. The summed E-state index contributed by atoms with van der Waals surface area (Å²) in [5.74, 6) is -0.975. The number of aliphatic carboxylic acids is 1. The predicted molar refractivity (Wildman–Crippen MR) is 86.7 cm³/mol. The fourth-order valence-corrected chi connectivity index (χ4v) is 3.90. The van der Waals surface area contributed by atoms with E-state index in [-0.39, 0.29) is 0 Å². The number of benzene rings is 2. The number of hydrogen-bond acceptors (Lipinski definition) is 2. The highest BCUT2D eigenvalue weighted by molar-refractivity contribution is 9.10. The zero-order valence-electron chi connectivity index (χ0n) is 11.5. The van der Waals surface area contributed by atoms with Crippen molar-refractivity contribution >= 4 is 32.7 Å². The summed E-state index contributed by atoms with van der Waals surface area (Å²) in [7, 11) is -1.14. The van der Waals surface area contributed by atoms with Crippen LogP contribution in [0, 0.1) is 0 Å². The fraction of sp³-hybridized carbons (Fsp3) is 0.188. The molecule has 110 valence electrons. The van der Waals surface area contributed by atoms with Crippen LogP contribution in [0.25, 0.3) is 0 Å². The third kappa shape index (κ3) is 4.02. The van der Waals surface area contributed by atoms with Crippen LogP contribution in [0.1, 0.15) is 24.0 Å². The monoisotopic (exact) mass is 366 g/mol. The van der Waals surface area contributed by atoms with E-state index in [4.69, 9.17) is 5.11 Å². The predicted octanol–water partition coefficient (Wildman–Crippen LogP) is 3.95. The summed E-state index contributed by atoms with van der Waals surface area (Å²) < 4.78 is 13.2. The Bertz CT molecular complexity index is 667. The van der Waals surface area contributed by atoms with Gasteiger partial charge in [0.1, 0.15) is 0 Å². The Hall–Kier alpha value is -1.46. The minimum absolute atomic E-state index is 0.407. The highest BCUT2D eigenvalue weighted by Crippen LogP contribution is 2.23. The number of halogens is 1. The van der Waals surface area contributed by atoms with Crippen LogP contribution < -0.4 is 0 Å². The molecule has 0 aromatic heterocycles. The van der Waals surface area contributed by atoms with Crippen LogP contribution in [-0.2, 0) is 21.3 Å². The normalized spacial score (nSPS) is 13.6. The first-order valence-electron chi connectivity index (χ1n) is 6.43. The highest BCUT2D eigenvalue weighted by Gasteiger charge is 2.14. The standard InChI is InChI=1S/C16H15BrO3S/c1-11(16(18)19)13-8-6-12(7-9-13)10-21(20)15-5-3-2-4-14(15)17/h2-9,11H,10H2,1H3,(H,18,19). The molecule has 2 rings (SSSR count). The second-order valence-corrected chi connectivity index (χ2v) is 7.00. The number of carboxylic acids is 1. The molecule has 0 aliphatic rings. The average Bonchev–Trinajstić information content (AvgIpc) is 2.47. The number of carboxylic acid groups (broad SMARTS) is 1. The zero-order chi connectivity index (χ0) is 15.4. The lowest BCUT2D eigenvalue weighted by atomic mass is 10.0. The molecule has 0 fully saturated rings. The molecule has 0 radical (unpaired) electrons. The van der Waals surface area contributed by atoms with Gasteiger partial charge in [0.15, 0.2) is 0 Å². The maximum atomic E-state index is 12.3. The van der Waals surface area contributed by atoms with E-state index in [2.05, 4.69) is 15.9 Å². The van der Waals surface area contributed by atoms with E-state index in [1.54, 1.807) is 19.1 Å². The second-order valence-electron chi connectivity index (χ2n) is 4.72. The van der Waals surface area contributed by atoms with Crippen molar-refractivity contribution in [2.75, 3.05) is 0 Å². The molecule has 2 aromatic carbocycles. The van der Waals surface area contributed by atoms with Gasteiger partial charge in [0.2, 0.25) is 0 Å². The maximum Gasteiger partial charge on any atom is 0.310 e. The van der Waals surface area contributed by atoms with Crippen LogP contribution in [0.3, 0.4) is 0 Å². The van der Waals surface area contributed by atoms with Crippen molar-refractivity contribution in [3.8, 4) is 0 Å². The first-order chi connectivity index (χ1) is 9.99. The van der Waals surface area contributed by atoms with Gasteiger partial charge in [-0.2, -0.15) is 0 Å². The summed E-state index contributed by atoms with van der Waals surface area (Å²) in [6, 6.07) is 14.7. The van der Waals surface area contributed by atoms with Crippen LogP contribution in [0.2, 0.25) is 0 Å². The van der Waals surface area contributed by atoms with Crippen molar-refractivity contribution in [3.63, 3.8) is 0 Å². The third-order valence-electron chi connectivity index (χ3n) is 3.23. The fourth-order valence-electron chi connectivity index (χ4n) is 1.90. The summed E-state index contributed by atoms with van der Waals surface area (Å²) in [6.45, 7) is 1.65. The molecule has 5 heteroatoms. The van der Waals surface area contributed by atoms with Gasteiger partial charge in [-0.25, -0.2) is 0 Å². The molecule has 0 amide bonds. The van der Waals surface area contributed by atoms with E-state index in [9.17, 15) is 9.00 Å². The van der Waals surface area contributed by atoms with Crippen LogP contribution in [0.5, 0.6) is 0 Å². The molecular weight excluding hydrogens is 352 g/mol. The lowest BCUT2D eigenvalue weighted by Crippen LogP contribution is -2.07. The van der Waals surface area contributed by atoms with Crippen LogP contribution in [0.4, 0.5) is 0 Å². The van der Waals surface area contributed by atoms with Crippen molar-refractivity contribution < 1.29 is 14.1 Å². The molecule has 0 bridgehead atoms. The molecule has 3 nitrogen and oxygen atoms in total. The van der Waals surface area contributed by atoms with Crippen molar-refractivity contribution in [2.45, 2.75) is 23.5 Å². The Labute approximate surface area is 134 Å². The van der Waals surface area contributed by atoms with Crippen molar-refractivity contribution in [1.29, 1.82) is 0 Å². The average molecular weight is 367 g/mol. The first kappa shape index (κ1) is 15.9. The summed E-state index contributed by atoms with van der Waals surface area (Å²) >= 11 is 3.40. The van der Waals surface area contributed by atoms with Gasteiger partial charge in [0.25, 0.3) is 0 Å². The lowest BCUT2D eigenvalue weighted by molar-refractivity contribution is -0.138. The molecule has 2 aromatic rings. The number of rotatable bonds is 5. The van der Waals surface area contributed by atoms with Crippen molar-refractivity contribution in [2.24, 2.45) is 0 Å². The minimum atomic E-state index is -1.14. The van der Waals surface area contributed by atoms with Crippen molar-refractivity contribution in [3.05, 3.63) is 64.1 Å². The van der Waals surface area contributed by atoms with Gasteiger partial charge >= 0.3 is 5.97 Å². The van der Waals surface area contributed by atoms with Gasteiger partial charge in [-0.3, -0.25) is 9.00 Å². The molecule has 1 N–H and O–H groups in total. The maximum absolute atomic E-state index is 12.3. The summed E-state index contributed by atoms with van der Waals surface area (Å²) in [5, 5.41) is 8.98. The highest BCUT2D eigenvalue weighted by atomic mass is 79.9. The summed E-state index contributed by atoms with van der Waals surface area (Å²) in [6.07, 6.45) is 0. The Morgan fingerprint density at radius 2 is 1.81 bits per heavy atom. The molecule has 0 aliphatic carbocycles. The van der Waals surface area contributed by atoms with Gasteiger partial charge in [0, 0.05) is 4.47 Å². The van der Waals surface area contributed by atoms with Crippen LogP contribution in [-0.4, -0.2) is 15.3 Å². The van der Waals surface area contributed by atoms with E-state index in [0.717, 1.165) is 20.5 Å². The Morgan fingerprint density at radius 1 is 1.19 bits per heavy atom. The summed E-state index contributed by atoms with van der Waals surface area (Å²) in [5.41, 5.74) is 1.67. The van der Waals surface area contributed by atoms with Gasteiger partial charge in [-0.05, 0) is 46.1 Å². The molecule has 2 unspecified atom stereocenters. The smallest absolute Gasteiger partial charge is 0.310 e. The van der Waals surface area contributed by atoms with E-state index in [0.29, 0.717) is 5.75 Å². The van der Waals surface area contributed by atoms with Gasteiger partial charge < -0.3 is 5.11 Å². The van der Waals surface area contributed by atoms with Crippen molar-refractivity contribution in [1.82, 2.24) is 0 Å². The molecule has 0 saturated carbocycles. The number of carbonyl (C=O) groups is 1. The van der Waals surface area contributed by atoms with E-state index < -0.39 is 22.7 Å². The van der Waals surface area contributed by atoms with Gasteiger partial charge in [0.05, 0.1) is 27.4 Å². The Kier molecular flexibility index (Phi) is 5.31. The van der Waals surface area contributed by atoms with E-state index in [1.807, 2.05) is 36.4 Å². The molecular formula is C16H15BrO3S. The van der Waals surface area contributed by atoms with Gasteiger partial charge in [-0.15, -0.1) is 0 Å². The topological polar surface area (TPSA) is 54.4 Å². The van der Waals surface area contributed by atoms with E-state index in [1.165, 1.54) is 0 Å². The SMILES string of the molecule is CC(C(=O)O)c1ccc(CS(=O)c2ccccc2Br)cc1. The second kappa shape index (κ2) is 7.00. The summed E-state index contributed by atoms with van der Waals surface area (Å²) in [4.78, 5) is 11.7. The van der Waals surface area contributed by atoms with Gasteiger partial charge in [-0.1, -0.05) is 36.4 Å². The number of hydrogen-bond donors (Lipinski definition) is 1. The zero-order valence-corrected chi connectivity index (χ0v) is 13.9. The molecule has 0 aliphatic heterocycles. The van der Waals surface area contributed by atoms with Crippen LogP contribution in [0.15, 0.2) is 57.9 Å². The lowest BCUT2D eigenvalue weighted by Gasteiger charge is -2.08. The van der Waals surface area contributed by atoms with Crippen LogP contribution >= 0.6 is 15.9 Å². The molecule has 0 heterocycles. The minimum Gasteiger partial charge on any atom is -0.481 e. The first-order valence-corrected chi connectivity index (χ1v) is 8.55. The molecule has 21 heavy (non-hydrogen) atoms. The molecule has 0 spiro atoms. The Balaban J connectivity index is 2.12.